The fourth-order valence-electron chi connectivity index (χ4n) is 2.67. The number of unbranched alkanes of at least 4 members (excludes halogenated alkanes) is 2. The second-order valence-corrected chi connectivity index (χ2v) is 5.59. The van der Waals surface area contributed by atoms with Crippen LogP contribution >= 0.6 is 0 Å². The average Bonchev–Trinajstić information content (AvgIpc) is 2.48. The van der Waals surface area contributed by atoms with E-state index in [0.29, 0.717) is 0 Å². The van der Waals surface area contributed by atoms with Crippen LogP contribution in [-0.4, -0.2) is 19.0 Å². The molecule has 0 radical (unpaired) electrons. The molecule has 2 nitrogen and oxygen atoms in total. The third-order valence-corrected chi connectivity index (χ3v) is 3.85. The fraction of sp³-hybridized carbons (Fsp3) is 0.778. The molecule has 0 spiro atoms. The highest BCUT2D eigenvalue weighted by Crippen LogP contribution is 2.33. The molecule has 0 N–H and O–H groups in total. The summed E-state index contributed by atoms with van der Waals surface area (Å²) in [6, 6.07) is 0. The molecule has 2 heteroatoms. The van der Waals surface area contributed by atoms with E-state index < -0.39 is 0 Å². The summed E-state index contributed by atoms with van der Waals surface area (Å²) in [5, 5.41) is 0. The summed E-state index contributed by atoms with van der Waals surface area (Å²) >= 11 is 0. The van der Waals surface area contributed by atoms with Crippen LogP contribution in [0, 0.1) is 0 Å². The Morgan fingerprint density at radius 1 is 0.800 bits per heavy atom. The van der Waals surface area contributed by atoms with Crippen molar-refractivity contribution in [2.75, 3.05) is 13.2 Å². The molecule has 0 aliphatic heterocycles. The van der Waals surface area contributed by atoms with E-state index in [4.69, 9.17) is 9.47 Å². The van der Waals surface area contributed by atoms with Crippen molar-refractivity contribution >= 4 is 0 Å². The lowest BCUT2D eigenvalue weighted by Crippen LogP contribution is -2.38. The fourth-order valence-corrected chi connectivity index (χ4v) is 2.67. The first-order valence-corrected chi connectivity index (χ1v) is 8.33. The molecule has 0 saturated heterocycles. The highest BCUT2D eigenvalue weighted by Gasteiger charge is 2.33. The molecule has 1 fully saturated rings. The predicted molar refractivity (Wildman–Crippen MR) is 85.8 cm³/mol. The highest BCUT2D eigenvalue weighted by molar-refractivity contribution is 4.79. The minimum Gasteiger partial charge on any atom is -0.350 e. The van der Waals surface area contributed by atoms with Gasteiger partial charge in [0, 0.05) is 12.8 Å². The molecule has 1 rings (SSSR count). The summed E-state index contributed by atoms with van der Waals surface area (Å²) < 4.78 is 12.3. The first kappa shape index (κ1) is 17.5. The second kappa shape index (κ2) is 11.1. The molecule has 0 aromatic carbocycles. The monoisotopic (exact) mass is 280 g/mol. The first-order valence-electron chi connectivity index (χ1n) is 8.33. The molecule has 116 valence electrons. The molecular weight excluding hydrogens is 248 g/mol. The maximum atomic E-state index is 6.15. The Labute approximate surface area is 125 Å². The average molecular weight is 280 g/mol. The van der Waals surface area contributed by atoms with Gasteiger partial charge in [-0.05, 0) is 52.4 Å². The molecule has 1 saturated carbocycles. The SMILES string of the molecule is CC=CCCCOC1(OCCCC=CC)CCCCC1. The topological polar surface area (TPSA) is 18.5 Å². The third-order valence-electron chi connectivity index (χ3n) is 3.85. The van der Waals surface area contributed by atoms with Crippen LogP contribution in [0.4, 0.5) is 0 Å². The summed E-state index contributed by atoms with van der Waals surface area (Å²) in [6.07, 6.45) is 19.0. The maximum absolute atomic E-state index is 6.15. The lowest BCUT2D eigenvalue weighted by molar-refractivity contribution is -0.253. The Bertz CT molecular complexity index is 253. The highest BCUT2D eigenvalue weighted by atomic mass is 16.7. The Balaban J connectivity index is 2.28. The summed E-state index contributed by atoms with van der Waals surface area (Å²) in [7, 11) is 0. The molecule has 0 aromatic heterocycles. The van der Waals surface area contributed by atoms with E-state index in [1.807, 2.05) is 0 Å². The van der Waals surface area contributed by atoms with E-state index in [9.17, 15) is 0 Å². The van der Waals surface area contributed by atoms with Crippen LogP contribution in [0.2, 0.25) is 0 Å². The van der Waals surface area contributed by atoms with Gasteiger partial charge < -0.3 is 9.47 Å². The number of allylic oxidation sites excluding steroid dienone is 4. The molecule has 0 amide bonds. The van der Waals surface area contributed by atoms with Crippen molar-refractivity contribution in [2.45, 2.75) is 77.4 Å². The van der Waals surface area contributed by atoms with Crippen LogP contribution < -0.4 is 0 Å². The van der Waals surface area contributed by atoms with Gasteiger partial charge in [-0.2, -0.15) is 0 Å². The van der Waals surface area contributed by atoms with Crippen LogP contribution in [0.3, 0.4) is 0 Å². The Morgan fingerprint density at radius 3 is 1.75 bits per heavy atom. The normalized spacial score (nSPS) is 19.1. The van der Waals surface area contributed by atoms with Crippen molar-refractivity contribution in [3.63, 3.8) is 0 Å². The number of rotatable bonds is 10. The van der Waals surface area contributed by atoms with Crippen molar-refractivity contribution in [1.82, 2.24) is 0 Å². The van der Waals surface area contributed by atoms with Gasteiger partial charge >= 0.3 is 0 Å². The molecule has 0 atom stereocenters. The molecule has 1 aliphatic rings. The van der Waals surface area contributed by atoms with Gasteiger partial charge in [0.05, 0.1) is 13.2 Å². The molecule has 20 heavy (non-hydrogen) atoms. The van der Waals surface area contributed by atoms with Gasteiger partial charge in [-0.3, -0.25) is 0 Å². The van der Waals surface area contributed by atoms with E-state index in [2.05, 4.69) is 38.2 Å². The van der Waals surface area contributed by atoms with E-state index in [1.54, 1.807) is 0 Å². The lowest BCUT2D eigenvalue weighted by atomic mass is 9.94. The van der Waals surface area contributed by atoms with Crippen molar-refractivity contribution < 1.29 is 9.47 Å². The Hall–Kier alpha value is -0.600. The lowest BCUT2D eigenvalue weighted by Gasteiger charge is -2.37. The van der Waals surface area contributed by atoms with Gasteiger partial charge in [0.25, 0.3) is 0 Å². The minimum atomic E-state index is -0.274. The third kappa shape index (κ3) is 7.25. The van der Waals surface area contributed by atoms with Crippen molar-refractivity contribution in [3.05, 3.63) is 24.3 Å². The van der Waals surface area contributed by atoms with Crippen molar-refractivity contribution in [3.8, 4) is 0 Å². The standard InChI is InChI=1S/C18H32O2/c1-3-5-7-12-16-19-18(14-10-9-11-15-18)20-17-13-8-6-4-2/h3-6H,7-17H2,1-2H3. The largest absolute Gasteiger partial charge is 0.350 e. The van der Waals surface area contributed by atoms with E-state index in [0.717, 1.165) is 51.7 Å². The molecule has 0 heterocycles. The second-order valence-electron chi connectivity index (χ2n) is 5.59. The Kier molecular flexibility index (Phi) is 9.69. The molecule has 0 aromatic rings. The van der Waals surface area contributed by atoms with Crippen molar-refractivity contribution in [2.24, 2.45) is 0 Å². The number of ether oxygens (including phenoxy) is 2. The minimum absolute atomic E-state index is 0.274. The van der Waals surface area contributed by atoms with Crippen molar-refractivity contribution in [1.29, 1.82) is 0 Å². The summed E-state index contributed by atoms with van der Waals surface area (Å²) in [5.41, 5.74) is 0. The zero-order valence-electron chi connectivity index (χ0n) is 13.4. The van der Waals surface area contributed by atoms with Gasteiger partial charge in [0.2, 0.25) is 0 Å². The van der Waals surface area contributed by atoms with Gasteiger partial charge in [-0.1, -0.05) is 30.7 Å². The predicted octanol–water partition coefficient (Wildman–Crippen LogP) is 5.39. The van der Waals surface area contributed by atoms with Crippen LogP contribution in [0.1, 0.15) is 71.6 Å². The van der Waals surface area contributed by atoms with Crippen LogP contribution in [0.25, 0.3) is 0 Å². The summed E-state index contributed by atoms with van der Waals surface area (Å²) in [4.78, 5) is 0. The smallest absolute Gasteiger partial charge is 0.168 e. The molecular formula is C18H32O2. The van der Waals surface area contributed by atoms with Crippen LogP contribution in [-0.2, 0) is 9.47 Å². The molecule has 0 bridgehead atoms. The maximum Gasteiger partial charge on any atom is 0.168 e. The first-order chi connectivity index (χ1) is 9.83. The Morgan fingerprint density at radius 2 is 1.30 bits per heavy atom. The summed E-state index contributed by atoms with van der Waals surface area (Å²) in [6.45, 7) is 5.77. The molecule has 1 aliphatic carbocycles. The molecule has 0 unspecified atom stereocenters. The zero-order chi connectivity index (χ0) is 14.5. The quantitative estimate of drug-likeness (QED) is 0.303. The number of hydrogen-bond donors (Lipinski definition) is 0. The summed E-state index contributed by atoms with van der Waals surface area (Å²) in [5.74, 6) is -0.274. The van der Waals surface area contributed by atoms with E-state index >= 15 is 0 Å². The van der Waals surface area contributed by atoms with Gasteiger partial charge in [-0.25, -0.2) is 0 Å². The van der Waals surface area contributed by atoms with Gasteiger partial charge in [0.15, 0.2) is 5.79 Å². The van der Waals surface area contributed by atoms with Gasteiger partial charge in [0.1, 0.15) is 0 Å². The van der Waals surface area contributed by atoms with Crippen LogP contribution in [0.15, 0.2) is 24.3 Å². The van der Waals surface area contributed by atoms with E-state index in [1.165, 1.54) is 19.3 Å². The van der Waals surface area contributed by atoms with Crippen LogP contribution in [0.5, 0.6) is 0 Å². The van der Waals surface area contributed by atoms with E-state index in [-0.39, 0.29) is 5.79 Å². The zero-order valence-corrected chi connectivity index (χ0v) is 13.4. The number of hydrogen-bond acceptors (Lipinski definition) is 2. The van der Waals surface area contributed by atoms with Gasteiger partial charge in [-0.15, -0.1) is 0 Å².